The Morgan fingerprint density at radius 3 is 3.00 bits per heavy atom. The molecule has 5 nitrogen and oxygen atoms in total. The van der Waals surface area contributed by atoms with Gasteiger partial charge in [0, 0.05) is 18.7 Å². The van der Waals surface area contributed by atoms with E-state index in [2.05, 4.69) is 4.98 Å². The Kier molecular flexibility index (Phi) is 3.65. The molecule has 1 aromatic heterocycles. The molecule has 96 valence electrons. The minimum atomic E-state index is -1.49. The van der Waals surface area contributed by atoms with Gasteiger partial charge in [-0.2, -0.15) is 0 Å². The van der Waals surface area contributed by atoms with Crippen LogP contribution in [-0.4, -0.2) is 33.3 Å². The van der Waals surface area contributed by atoms with Gasteiger partial charge in [-0.3, -0.25) is 4.79 Å². The number of Topliss-reactive ketones (excluding diaryl/α,β-unsaturated/α-hetero) is 1. The van der Waals surface area contributed by atoms with Crippen molar-refractivity contribution < 1.29 is 14.6 Å². The van der Waals surface area contributed by atoms with Crippen molar-refractivity contribution in [2.24, 2.45) is 7.05 Å². The zero-order chi connectivity index (χ0) is 13.3. The largest absolute Gasteiger partial charge is 0.362 e. The number of ketones is 1. The fraction of sp³-hybridized carbons (Fsp3) is 0.333. The van der Waals surface area contributed by atoms with Gasteiger partial charge in [0.2, 0.25) is 6.29 Å². The standard InChI is InChI=1S/C12H13ClN2O3/c1-3-18-12(17)10(16)11-14-8-6-7(13)4-5-9(8)15(11)2/h4-6,12,17H,3H2,1-2H3. The fourth-order valence-electron chi connectivity index (χ4n) is 1.74. The molecule has 2 rings (SSSR count). The number of nitrogens with zero attached hydrogens (tertiary/aromatic N) is 2. The Morgan fingerprint density at radius 2 is 2.33 bits per heavy atom. The minimum Gasteiger partial charge on any atom is -0.362 e. The van der Waals surface area contributed by atoms with Gasteiger partial charge >= 0.3 is 0 Å². The summed E-state index contributed by atoms with van der Waals surface area (Å²) in [7, 11) is 1.70. The third kappa shape index (κ3) is 2.25. The number of carbonyl (C=O) groups excluding carboxylic acids is 1. The molecule has 0 aliphatic rings. The quantitative estimate of drug-likeness (QED) is 0.678. The molecular weight excluding hydrogens is 256 g/mol. The van der Waals surface area contributed by atoms with Crippen LogP contribution in [0.1, 0.15) is 17.5 Å². The summed E-state index contributed by atoms with van der Waals surface area (Å²) in [6, 6.07) is 5.16. The molecular formula is C12H13ClN2O3. The summed E-state index contributed by atoms with van der Waals surface area (Å²) in [4.78, 5) is 16.1. The lowest BCUT2D eigenvalue weighted by Gasteiger charge is -2.08. The van der Waals surface area contributed by atoms with Gasteiger partial charge < -0.3 is 14.4 Å². The van der Waals surface area contributed by atoms with E-state index in [0.29, 0.717) is 10.5 Å². The molecule has 1 atom stereocenters. The molecule has 2 aromatic rings. The van der Waals surface area contributed by atoms with E-state index in [1.807, 2.05) is 0 Å². The van der Waals surface area contributed by atoms with Gasteiger partial charge in [0.1, 0.15) is 0 Å². The number of hydrogen-bond acceptors (Lipinski definition) is 4. The molecule has 6 heteroatoms. The lowest BCUT2D eigenvalue weighted by atomic mass is 10.3. The molecule has 0 aliphatic carbocycles. The van der Waals surface area contributed by atoms with Crippen LogP contribution in [0.5, 0.6) is 0 Å². The molecule has 1 unspecified atom stereocenters. The first-order valence-corrected chi connectivity index (χ1v) is 5.88. The summed E-state index contributed by atoms with van der Waals surface area (Å²) in [5.74, 6) is -0.417. The maximum atomic E-state index is 11.9. The van der Waals surface area contributed by atoms with Crippen molar-refractivity contribution >= 4 is 28.4 Å². The second kappa shape index (κ2) is 5.06. The Morgan fingerprint density at radius 1 is 1.61 bits per heavy atom. The normalized spacial score (nSPS) is 12.9. The van der Waals surface area contributed by atoms with Gasteiger partial charge in [-0.05, 0) is 25.1 Å². The van der Waals surface area contributed by atoms with Crippen LogP contribution in [0.3, 0.4) is 0 Å². The molecule has 0 amide bonds. The van der Waals surface area contributed by atoms with E-state index >= 15 is 0 Å². The van der Waals surface area contributed by atoms with Gasteiger partial charge in [0.05, 0.1) is 11.0 Å². The Balaban J connectivity index is 2.45. The topological polar surface area (TPSA) is 64.3 Å². The molecule has 1 heterocycles. The van der Waals surface area contributed by atoms with Crippen LogP contribution in [0, 0.1) is 0 Å². The molecule has 1 N–H and O–H groups in total. The molecule has 0 spiro atoms. The second-order valence-electron chi connectivity index (χ2n) is 3.80. The molecule has 18 heavy (non-hydrogen) atoms. The Hall–Kier alpha value is -1.43. The lowest BCUT2D eigenvalue weighted by Crippen LogP contribution is -2.26. The zero-order valence-corrected chi connectivity index (χ0v) is 10.8. The highest BCUT2D eigenvalue weighted by Gasteiger charge is 2.23. The minimum absolute atomic E-state index is 0.146. The van der Waals surface area contributed by atoms with E-state index < -0.39 is 12.1 Å². The predicted molar refractivity (Wildman–Crippen MR) is 67.7 cm³/mol. The summed E-state index contributed by atoms with van der Waals surface area (Å²) < 4.78 is 6.47. The number of aromatic nitrogens is 2. The number of fused-ring (bicyclic) bond motifs is 1. The first-order chi connectivity index (χ1) is 8.54. The van der Waals surface area contributed by atoms with Gasteiger partial charge in [0.15, 0.2) is 5.82 Å². The van der Waals surface area contributed by atoms with E-state index in [1.54, 1.807) is 36.7 Å². The number of rotatable bonds is 4. The number of aliphatic hydroxyl groups excluding tert-OH is 1. The van der Waals surface area contributed by atoms with Crippen molar-refractivity contribution in [2.75, 3.05) is 6.61 Å². The lowest BCUT2D eigenvalue weighted by molar-refractivity contribution is -0.0681. The third-order valence-electron chi connectivity index (χ3n) is 2.61. The first-order valence-electron chi connectivity index (χ1n) is 5.50. The van der Waals surface area contributed by atoms with Crippen molar-refractivity contribution in [1.82, 2.24) is 9.55 Å². The summed E-state index contributed by atoms with van der Waals surface area (Å²) in [6.07, 6.45) is -1.49. The monoisotopic (exact) mass is 268 g/mol. The maximum absolute atomic E-state index is 11.9. The summed E-state index contributed by atoms with van der Waals surface area (Å²) in [5, 5.41) is 10.1. The van der Waals surface area contributed by atoms with Crippen molar-refractivity contribution in [3.05, 3.63) is 29.0 Å². The molecule has 0 saturated heterocycles. The van der Waals surface area contributed by atoms with Crippen LogP contribution < -0.4 is 0 Å². The number of halogens is 1. The van der Waals surface area contributed by atoms with E-state index in [-0.39, 0.29) is 12.4 Å². The fourth-order valence-corrected chi connectivity index (χ4v) is 1.90. The average Bonchev–Trinajstić information content (AvgIpc) is 2.65. The Bertz CT molecular complexity index is 594. The van der Waals surface area contributed by atoms with Crippen molar-refractivity contribution in [3.8, 4) is 0 Å². The maximum Gasteiger partial charge on any atom is 0.253 e. The summed E-state index contributed by atoms with van der Waals surface area (Å²) in [5.41, 5.74) is 1.38. The molecule has 0 fully saturated rings. The van der Waals surface area contributed by atoms with Crippen LogP contribution in [-0.2, 0) is 11.8 Å². The highest BCUT2D eigenvalue weighted by molar-refractivity contribution is 6.31. The molecule has 1 aromatic carbocycles. The van der Waals surface area contributed by atoms with Gasteiger partial charge in [-0.25, -0.2) is 4.98 Å². The van der Waals surface area contributed by atoms with E-state index in [0.717, 1.165) is 5.52 Å². The number of carbonyl (C=O) groups is 1. The number of benzene rings is 1. The van der Waals surface area contributed by atoms with E-state index in [9.17, 15) is 9.90 Å². The van der Waals surface area contributed by atoms with Gasteiger partial charge in [-0.15, -0.1) is 0 Å². The zero-order valence-electron chi connectivity index (χ0n) is 10.1. The van der Waals surface area contributed by atoms with Crippen LogP contribution in [0.15, 0.2) is 18.2 Å². The molecule has 0 saturated carbocycles. The SMILES string of the molecule is CCOC(O)C(=O)c1nc2cc(Cl)ccc2n1C. The van der Waals surface area contributed by atoms with Crippen molar-refractivity contribution in [2.45, 2.75) is 13.2 Å². The van der Waals surface area contributed by atoms with Gasteiger partial charge in [-0.1, -0.05) is 11.6 Å². The highest BCUT2D eigenvalue weighted by atomic mass is 35.5. The smallest absolute Gasteiger partial charge is 0.253 e. The van der Waals surface area contributed by atoms with Crippen LogP contribution in [0.4, 0.5) is 0 Å². The second-order valence-corrected chi connectivity index (χ2v) is 4.24. The number of aryl methyl sites for hydroxylation is 1. The number of aliphatic hydroxyl groups is 1. The number of hydrogen-bond donors (Lipinski definition) is 1. The van der Waals surface area contributed by atoms with Crippen molar-refractivity contribution in [1.29, 1.82) is 0 Å². The van der Waals surface area contributed by atoms with Crippen LogP contribution in [0.2, 0.25) is 5.02 Å². The summed E-state index contributed by atoms with van der Waals surface area (Å²) >= 11 is 5.86. The molecule has 0 aliphatic heterocycles. The first kappa shape index (κ1) is 13.0. The number of imidazole rings is 1. The van der Waals surface area contributed by atoms with Crippen LogP contribution in [0.25, 0.3) is 11.0 Å². The average molecular weight is 269 g/mol. The van der Waals surface area contributed by atoms with E-state index in [1.165, 1.54) is 0 Å². The van der Waals surface area contributed by atoms with Gasteiger partial charge in [0.25, 0.3) is 5.78 Å². The molecule has 0 radical (unpaired) electrons. The Labute approximate surface area is 109 Å². The van der Waals surface area contributed by atoms with E-state index in [4.69, 9.17) is 16.3 Å². The molecule has 0 bridgehead atoms. The number of ether oxygens (including phenoxy) is 1. The van der Waals surface area contributed by atoms with Crippen molar-refractivity contribution in [3.63, 3.8) is 0 Å². The third-order valence-corrected chi connectivity index (χ3v) is 2.85. The highest BCUT2D eigenvalue weighted by Crippen LogP contribution is 2.20. The predicted octanol–water partition coefficient (Wildman–Crippen LogP) is 1.76. The van der Waals surface area contributed by atoms with Crippen LogP contribution >= 0.6 is 11.6 Å². The summed E-state index contributed by atoms with van der Waals surface area (Å²) in [6.45, 7) is 1.95.